The summed E-state index contributed by atoms with van der Waals surface area (Å²) >= 11 is 3.17. The van der Waals surface area contributed by atoms with E-state index in [2.05, 4.69) is 26.2 Å². The van der Waals surface area contributed by atoms with Gasteiger partial charge in [0, 0.05) is 29.2 Å². The van der Waals surface area contributed by atoms with Crippen LogP contribution in [0.15, 0.2) is 16.7 Å². The third kappa shape index (κ3) is 3.24. The van der Waals surface area contributed by atoms with Gasteiger partial charge in [0.2, 0.25) is 0 Å². The highest BCUT2D eigenvalue weighted by Crippen LogP contribution is 2.22. The fourth-order valence-electron chi connectivity index (χ4n) is 1.16. The maximum atomic E-state index is 10.8. The maximum Gasteiger partial charge on any atom is 0.291 e. The van der Waals surface area contributed by atoms with Crippen LogP contribution in [0.3, 0.4) is 0 Å². The van der Waals surface area contributed by atoms with E-state index in [9.17, 15) is 10.1 Å². The molecule has 0 saturated carbocycles. The first-order chi connectivity index (χ1) is 7.04. The molecular weight excluding hydrogens is 262 g/mol. The molecule has 0 bridgehead atoms. The molecule has 0 saturated heterocycles. The molecule has 1 unspecified atom stereocenters. The predicted molar refractivity (Wildman–Crippen MR) is 60.8 cm³/mol. The first-order valence-corrected chi connectivity index (χ1v) is 5.30. The Labute approximate surface area is 96.2 Å². The summed E-state index contributed by atoms with van der Waals surface area (Å²) < 4.78 is 0.620. The fraction of sp³-hybridized carbons (Fsp3) is 0.444. The zero-order valence-electron chi connectivity index (χ0n) is 8.53. The van der Waals surface area contributed by atoms with Crippen molar-refractivity contribution >= 4 is 21.6 Å². The largest absolute Gasteiger partial charge is 0.317 e. The van der Waals surface area contributed by atoms with Gasteiger partial charge in [-0.25, -0.2) is 0 Å². The van der Waals surface area contributed by atoms with Crippen molar-refractivity contribution < 1.29 is 4.92 Å². The molecular formula is C9H12BrN3O2. The summed E-state index contributed by atoms with van der Waals surface area (Å²) in [4.78, 5) is 14.4. The van der Waals surface area contributed by atoms with Crippen molar-refractivity contribution in [3.05, 3.63) is 32.5 Å². The van der Waals surface area contributed by atoms with Crippen molar-refractivity contribution in [1.29, 1.82) is 0 Å². The Balaban J connectivity index is 3.01. The minimum absolute atomic E-state index is 0.0616. The summed E-state index contributed by atoms with van der Waals surface area (Å²) in [7, 11) is 1.81. The standard InChI is InChI=1S/C9H12BrN3O2/c1-6(11-2)3-8-9(13(14)15)4-7(10)5-12-8/h4-6,11H,3H2,1-2H3. The molecule has 5 nitrogen and oxygen atoms in total. The Morgan fingerprint density at radius 2 is 2.40 bits per heavy atom. The number of nitrogens with one attached hydrogen (secondary N) is 1. The molecule has 1 aromatic heterocycles. The number of likely N-dealkylation sites (N-methyl/N-ethyl adjacent to an activating group) is 1. The van der Waals surface area contributed by atoms with E-state index in [1.54, 1.807) is 6.20 Å². The van der Waals surface area contributed by atoms with Crippen LogP contribution in [0.4, 0.5) is 5.69 Å². The van der Waals surface area contributed by atoms with Gasteiger partial charge in [0.15, 0.2) is 0 Å². The second kappa shape index (κ2) is 5.18. The summed E-state index contributed by atoms with van der Waals surface area (Å²) in [6.45, 7) is 1.95. The van der Waals surface area contributed by atoms with Gasteiger partial charge < -0.3 is 5.32 Å². The maximum absolute atomic E-state index is 10.8. The van der Waals surface area contributed by atoms with E-state index < -0.39 is 4.92 Å². The van der Waals surface area contributed by atoms with Crippen LogP contribution in [0, 0.1) is 10.1 Å². The highest BCUT2D eigenvalue weighted by atomic mass is 79.9. The van der Waals surface area contributed by atoms with Crippen molar-refractivity contribution in [2.75, 3.05) is 7.05 Å². The van der Waals surface area contributed by atoms with Gasteiger partial charge in [-0.15, -0.1) is 0 Å². The lowest BCUT2D eigenvalue weighted by Gasteiger charge is -2.09. The second-order valence-corrected chi connectivity index (χ2v) is 4.19. The smallest absolute Gasteiger partial charge is 0.291 e. The highest BCUT2D eigenvalue weighted by molar-refractivity contribution is 9.10. The zero-order chi connectivity index (χ0) is 11.4. The Kier molecular flexibility index (Phi) is 4.16. The molecule has 0 aliphatic heterocycles. The number of hydrogen-bond acceptors (Lipinski definition) is 4. The monoisotopic (exact) mass is 273 g/mol. The van der Waals surface area contributed by atoms with Gasteiger partial charge in [-0.3, -0.25) is 15.1 Å². The van der Waals surface area contributed by atoms with Crippen molar-refractivity contribution in [3.63, 3.8) is 0 Å². The topological polar surface area (TPSA) is 68.1 Å². The van der Waals surface area contributed by atoms with Crippen molar-refractivity contribution in [2.45, 2.75) is 19.4 Å². The van der Waals surface area contributed by atoms with Crippen molar-refractivity contribution in [1.82, 2.24) is 10.3 Å². The number of hydrogen-bond donors (Lipinski definition) is 1. The SMILES string of the molecule is CNC(C)Cc1ncc(Br)cc1[N+](=O)[O-]. The van der Waals surface area contributed by atoms with Crippen LogP contribution in [0.2, 0.25) is 0 Å². The number of pyridine rings is 1. The Morgan fingerprint density at radius 1 is 1.73 bits per heavy atom. The van der Waals surface area contributed by atoms with E-state index in [0.29, 0.717) is 16.6 Å². The predicted octanol–water partition coefficient (Wildman–Crippen LogP) is 1.90. The molecule has 0 aromatic carbocycles. The molecule has 0 aliphatic rings. The summed E-state index contributed by atoms with van der Waals surface area (Å²) in [5.41, 5.74) is 0.566. The van der Waals surface area contributed by atoms with Gasteiger partial charge in [-0.1, -0.05) is 0 Å². The average Bonchev–Trinajstić information content (AvgIpc) is 2.20. The lowest BCUT2D eigenvalue weighted by atomic mass is 10.1. The molecule has 15 heavy (non-hydrogen) atoms. The van der Waals surface area contributed by atoms with Crippen LogP contribution >= 0.6 is 15.9 Å². The minimum Gasteiger partial charge on any atom is -0.317 e. The van der Waals surface area contributed by atoms with Gasteiger partial charge in [0.05, 0.1) is 4.92 Å². The Morgan fingerprint density at radius 3 is 2.93 bits per heavy atom. The summed E-state index contributed by atoms with van der Waals surface area (Å²) in [6.07, 6.45) is 2.12. The van der Waals surface area contributed by atoms with Crippen LogP contribution in [-0.2, 0) is 6.42 Å². The average molecular weight is 274 g/mol. The molecule has 0 amide bonds. The van der Waals surface area contributed by atoms with Crippen LogP contribution in [0.25, 0.3) is 0 Å². The number of rotatable bonds is 4. The van der Waals surface area contributed by atoms with E-state index in [4.69, 9.17) is 0 Å². The molecule has 1 N–H and O–H groups in total. The van der Waals surface area contributed by atoms with E-state index in [1.165, 1.54) is 6.07 Å². The fourth-order valence-corrected chi connectivity index (χ4v) is 1.48. The molecule has 0 radical (unpaired) electrons. The molecule has 0 spiro atoms. The van der Waals surface area contributed by atoms with Crippen LogP contribution < -0.4 is 5.32 Å². The third-order valence-electron chi connectivity index (χ3n) is 2.10. The normalized spacial score (nSPS) is 12.5. The van der Waals surface area contributed by atoms with Gasteiger partial charge in [0.1, 0.15) is 5.69 Å². The van der Waals surface area contributed by atoms with E-state index in [1.807, 2.05) is 14.0 Å². The van der Waals surface area contributed by atoms with Crippen LogP contribution in [-0.4, -0.2) is 23.0 Å². The van der Waals surface area contributed by atoms with Gasteiger partial charge >= 0.3 is 0 Å². The van der Waals surface area contributed by atoms with Crippen molar-refractivity contribution in [3.8, 4) is 0 Å². The molecule has 1 heterocycles. The summed E-state index contributed by atoms with van der Waals surface area (Å²) in [5, 5.41) is 13.8. The summed E-state index contributed by atoms with van der Waals surface area (Å²) in [5.74, 6) is 0. The number of nitrogens with zero attached hydrogens (tertiary/aromatic N) is 2. The molecule has 1 rings (SSSR count). The second-order valence-electron chi connectivity index (χ2n) is 3.27. The van der Waals surface area contributed by atoms with E-state index in [0.717, 1.165) is 0 Å². The first kappa shape index (κ1) is 12.1. The number of aromatic nitrogens is 1. The summed E-state index contributed by atoms with van der Waals surface area (Å²) in [6, 6.07) is 1.64. The molecule has 6 heteroatoms. The van der Waals surface area contributed by atoms with Crippen LogP contribution in [0.5, 0.6) is 0 Å². The minimum atomic E-state index is -0.407. The third-order valence-corrected chi connectivity index (χ3v) is 2.54. The zero-order valence-corrected chi connectivity index (χ0v) is 10.1. The Bertz CT molecular complexity index is 370. The lowest BCUT2D eigenvalue weighted by Crippen LogP contribution is -2.24. The quantitative estimate of drug-likeness (QED) is 0.672. The Hall–Kier alpha value is -1.01. The highest BCUT2D eigenvalue weighted by Gasteiger charge is 2.17. The first-order valence-electron chi connectivity index (χ1n) is 4.50. The molecule has 1 aromatic rings. The molecule has 82 valence electrons. The van der Waals surface area contributed by atoms with Gasteiger partial charge in [-0.2, -0.15) is 0 Å². The van der Waals surface area contributed by atoms with Crippen molar-refractivity contribution in [2.24, 2.45) is 0 Å². The van der Waals surface area contributed by atoms with Crippen LogP contribution in [0.1, 0.15) is 12.6 Å². The molecule has 0 fully saturated rings. The van der Waals surface area contributed by atoms with E-state index >= 15 is 0 Å². The molecule has 0 aliphatic carbocycles. The number of halogens is 1. The van der Waals surface area contributed by atoms with Gasteiger partial charge in [-0.05, 0) is 29.9 Å². The number of nitro groups is 1. The molecule has 1 atom stereocenters. The van der Waals surface area contributed by atoms with E-state index in [-0.39, 0.29) is 11.7 Å². The lowest BCUT2D eigenvalue weighted by molar-refractivity contribution is -0.386. The van der Waals surface area contributed by atoms with Gasteiger partial charge in [0.25, 0.3) is 5.69 Å².